The Morgan fingerprint density at radius 1 is 1.38 bits per heavy atom. The number of rotatable bonds is 8. The lowest BCUT2D eigenvalue weighted by Crippen LogP contribution is -2.41. The fraction of sp³-hybridized carbons (Fsp3) is 0.562. The first-order chi connectivity index (χ1) is 10.2. The highest BCUT2D eigenvalue weighted by Crippen LogP contribution is 2.25. The van der Waals surface area contributed by atoms with Gasteiger partial charge in [-0.05, 0) is 48.9 Å². The quantitative estimate of drug-likeness (QED) is 0.752. The fourth-order valence-electron chi connectivity index (χ4n) is 2.61. The molecule has 2 N–H and O–H groups in total. The molecule has 0 fully saturated rings. The van der Waals surface area contributed by atoms with Crippen LogP contribution in [0, 0.1) is 0 Å². The van der Waals surface area contributed by atoms with Crippen molar-refractivity contribution in [2.45, 2.75) is 31.7 Å². The van der Waals surface area contributed by atoms with Crippen LogP contribution in [-0.2, 0) is 22.4 Å². The maximum atomic E-state index is 11.8. The SMILES string of the molecule is COCC(CCO)NC(=O)COc1ccc2c(c1)CCC2. The van der Waals surface area contributed by atoms with Crippen molar-refractivity contribution in [2.24, 2.45) is 0 Å². The van der Waals surface area contributed by atoms with Crippen molar-refractivity contribution >= 4 is 5.91 Å². The number of hydrogen-bond acceptors (Lipinski definition) is 4. The number of carbonyl (C=O) groups excluding carboxylic acids is 1. The molecule has 1 unspecified atom stereocenters. The van der Waals surface area contributed by atoms with Gasteiger partial charge >= 0.3 is 0 Å². The molecule has 1 aromatic carbocycles. The summed E-state index contributed by atoms with van der Waals surface area (Å²) in [4.78, 5) is 11.8. The second-order valence-electron chi connectivity index (χ2n) is 5.30. The number of amides is 1. The van der Waals surface area contributed by atoms with Gasteiger partial charge < -0.3 is 19.9 Å². The van der Waals surface area contributed by atoms with E-state index in [1.54, 1.807) is 7.11 Å². The first kappa shape index (κ1) is 15.8. The lowest BCUT2D eigenvalue weighted by molar-refractivity contribution is -0.124. The minimum atomic E-state index is -0.203. The van der Waals surface area contributed by atoms with E-state index in [9.17, 15) is 4.79 Å². The molecule has 0 aromatic heterocycles. The zero-order valence-electron chi connectivity index (χ0n) is 12.4. The van der Waals surface area contributed by atoms with Crippen LogP contribution in [0.5, 0.6) is 5.75 Å². The van der Waals surface area contributed by atoms with Gasteiger partial charge in [0, 0.05) is 13.7 Å². The Kier molecular flexibility index (Phi) is 6.02. The maximum Gasteiger partial charge on any atom is 0.258 e. The van der Waals surface area contributed by atoms with Gasteiger partial charge in [-0.25, -0.2) is 0 Å². The Hall–Kier alpha value is -1.59. The molecular formula is C16H23NO4. The van der Waals surface area contributed by atoms with Crippen molar-refractivity contribution in [3.05, 3.63) is 29.3 Å². The Balaban J connectivity index is 1.80. The maximum absolute atomic E-state index is 11.8. The van der Waals surface area contributed by atoms with E-state index < -0.39 is 0 Å². The molecule has 1 aromatic rings. The van der Waals surface area contributed by atoms with Crippen molar-refractivity contribution in [3.63, 3.8) is 0 Å². The third-order valence-corrected chi connectivity index (χ3v) is 3.65. The lowest BCUT2D eigenvalue weighted by Gasteiger charge is -2.17. The number of carbonyl (C=O) groups is 1. The van der Waals surface area contributed by atoms with Crippen molar-refractivity contribution in [1.29, 1.82) is 0 Å². The number of aliphatic hydroxyl groups excluding tert-OH is 1. The second-order valence-corrected chi connectivity index (χ2v) is 5.30. The van der Waals surface area contributed by atoms with Crippen LogP contribution in [0.1, 0.15) is 24.0 Å². The van der Waals surface area contributed by atoms with Gasteiger partial charge in [0.05, 0.1) is 12.6 Å². The van der Waals surface area contributed by atoms with Crippen LogP contribution in [-0.4, -0.2) is 44.0 Å². The van der Waals surface area contributed by atoms with Crippen molar-refractivity contribution < 1.29 is 19.4 Å². The van der Waals surface area contributed by atoms with Crippen molar-refractivity contribution in [3.8, 4) is 5.75 Å². The second kappa shape index (κ2) is 8.00. The van der Waals surface area contributed by atoms with E-state index >= 15 is 0 Å². The average molecular weight is 293 g/mol. The van der Waals surface area contributed by atoms with Gasteiger partial charge in [0.2, 0.25) is 0 Å². The number of aliphatic hydroxyl groups is 1. The average Bonchev–Trinajstić information content (AvgIpc) is 2.93. The van der Waals surface area contributed by atoms with Gasteiger partial charge in [0.15, 0.2) is 6.61 Å². The lowest BCUT2D eigenvalue weighted by atomic mass is 10.1. The van der Waals surface area contributed by atoms with E-state index in [-0.39, 0.29) is 25.2 Å². The summed E-state index contributed by atoms with van der Waals surface area (Å²) in [7, 11) is 1.57. The number of ether oxygens (including phenoxy) is 2. The summed E-state index contributed by atoms with van der Waals surface area (Å²) in [5.74, 6) is 0.530. The summed E-state index contributed by atoms with van der Waals surface area (Å²) < 4.78 is 10.5. The van der Waals surface area contributed by atoms with Gasteiger partial charge in [-0.1, -0.05) is 6.07 Å². The number of hydrogen-bond donors (Lipinski definition) is 2. The molecule has 1 aliphatic rings. The molecule has 0 spiro atoms. The van der Waals surface area contributed by atoms with E-state index in [4.69, 9.17) is 14.6 Å². The van der Waals surface area contributed by atoms with Crippen LogP contribution in [0.25, 0.3) is 0 Å². The first-order valence-corrected chi connectivity index (χ1v) is 7.36. The van der Waals surface area contributed by atoms with Crippen LogP contribution in [0.3, 0.4) is 0 Å². The number of benzene rings is 1. The van der Waals surface area contributed by atoms with E-state index in [0.717, 1.165) is 18.6 Å². The highest BCUT2D eigenvalue weighted by Gasteiger charge is 2.14. The van der Waals surface area contributed by atoms with Gasteiger partial charge in [-0.2, -0.15) is 0 Å². The zero-order valence-corrected chi connectivity index (χ0v) is 12.4. The summed E-state index contributed by atoms with van der Waals surface area (Å²) in [6.45, 7) is 0.371. The molecule has 116 valence electrons. The molecule has 21 heavy (non-hydrogen) atoms. The molecular weight excluding hydrogens is 270 g/mol. The molecule has 0 heterocycles. The topological polar surface area (TPSA) is 67.8 Å². The van der Waals surface area contributed by atoms with Crippen LogP contribution in [0.4, 0.5) is 0 Å². The standard InChI is InChI=1S/C16H23NO4/c1-20-10-14(7-8-18)17-16(19)11-21-15-6-5-12-3-2-4-13(12)9-15/h5-6,9,14,18H,2-4,7-8,10-11H2,1H3,(H,17,19). The smallest absolute Gasteiger partial charge is 0.258 e. The number of methoxy groups -OCH3 is 1. The largest absolute Gasteiger partial charge is 0.484 e. The monoisotopic (exact) mass is 293 g/mol. The predicted molar refractivity (Wildman–Crippen MR) is 79.5 cm³/mol. The minimum Gasteiger partial charge on any atom is -0.484 e. The third kappa shape index (κ3) is 4.72. The first-order valence-electron chi connectivity index (χ1n) is 7.36. The molecule has 0 saturated carbocycles. The van der Waals surface area contributed by atoms with E-state index in [0.29, 0.717) is 13.0 Å². The number of aryl methyl sites for hydroxylation is 2. The van der Waals surface area contributed by atoms with E-state index in [2.05, 4.69) is 11.4 Å². The van der Waals surface area contributed by atoms with Crippen molar-refractivity contribution in [2.75, 3.05) is 26.9 Å². The summed E-state index contributed by atoms with van der Waals surface area (Å²) in [6.07, 6.45) is 3.89. The predicted octanol–water partition coefficient (Wildman–Crippen LogP) is 1.07. The van der Waals surface area contributed by atoms with Crippen LogP contribution < -0.4 is 10.1 Å². The Bertz CT molecular complexity index is 469. The molecule has 2 rings (SSSR count). The fourth-order valence-corrected chi connectivity index (χ4v) is 2.61. The Morgan fingerprint density at radius 3 is 2.95 bits per heavy atom. The van der Waals surface area contributed by atoms with Gasteiger partial charge in [-0.3, -0.25) is 4.79 Å². The van der Waals surface area contributed by atoms with Gasteiger partial charge in [0.25, 0.3) is 5.91 Å². The van der Waals surface area contributed by atoms with Crippen molar-refractivity contribution in [1.82, 2.24) is 5.32 Å². The third-order valence-electron chi connectivity index (χ3n) is 3.65. The molecule has 1 aliphatic carbocycles. The van der Waals surface area contributed by atoms with Gasteiger partial charge in [0.1, 0.15) is 5.75 Å². The van der Waals surface area contributed by atoms with E-state index in [1.807, 2.05) is 12.1 Å². The summed E-state index contributed by atoms with van der Waals surface area (Å²) >= 11 is 0. The molecule has 0 bridgehead atoms. The summed E-state index contributed by atoms with van der Waals surface area (Å²) in [5, 5.41) is 11.7. The van der Waals surface area contributed by atoms with Gasteiger partial charge in [-0.15, -0.1) is 0 Å². The number of fused-ring (bicyclic) bond motifs is 1. The molecule has 0 aliphatic heterocycles. The molecule has 0 saturated heterocycles. The molecule has 5 heteroatoms. The highest BCUT2D eigenvalue weighted by atomic mass is 16.5. The minimum absolute atomic E-state index is 0.0139. The molecule has 0 radical (unpaired) electrons. The van der Waals surface area contributed by atoms with Crippen LogP contribution >= 0.6 is 0 Å². The molecule has 5 nitrogen and oxygen atoms in total. The highest BCUT2D eigenvalue weighted by molar-refractivity contribution is 5.77. The summed E-state index contributed by atoms with van der Waals surface area (Å²) in [5.41, 5.74) is 2.71. The summed E-state index contributed by atoms with van der Waals surface area (Å²) in [6, 6.07) is 5.83. The number of nitrogens with one attached hydrogen (secondary N) is 1. The Morgan fingerprint density at radius 2 is 2.19 bits per heavy atom. The zero-order chi connectivity index (χ0) is 15.1. The molecule has 1 amide bonds. The van der Waals surface area contributed by atoms with Crippen LogP contribution in [0.2, 0.25) is 0 Å². The van der Waals surface area contributed by atoms with Crippen LogP contribution in [0.15, 0.2) is 18.2 Å². The normalized spacial score (nSPS) is 14.6. The molecule has 1 atom stereocenters. The van der Waals surface area contributed by atoms with E-state index in [1.165, 1.54) is 17.5 Å². The Labute approximate surface area is 125 Å².